The van der Waals surface area contributed by atoms with Crippen molar-refractivity contribution in [3.05, 3.63) is 53.8 Å². The molecular formula is C21H27FN4O3. The van der Waals surface area contributed by atoms with Gasteiger partial charge in [-0.15, -0.1) is 0 Å². The minimum absolute atomic E-state index is 0.0554. The Labute approximate surface area is 170 Å². The smallest absolute Gasteiger partial charge is 0.191 e. The minimum Gasteiger partial charge on any atom is -0.493 e. The Bertz CT molecular complexity index is 821. The summed E-state index contributed by atoms with van der Waals surface area (Å²) in [6, 6.07) is 12.1. The summed E-state index contributed by atoms with van der Waals surface area (Å²) in [7, 11) is 1.57. The molecule has 0 bridgehead atoms. The summed E-state index contributed by atoms with van der Waals surface area (Å²) in [5.41, 5.74) is 8.15. The van der Waals surface area contributed by atoms with Crippen molar-refractivity contribution < 1.29 is 19.0 Å². The quantitative estimate of drug-likeness (QED) is 0.543. The predicted molar refractivity (Wildman–Crippen MR) is 111 cm³/mol. The minimum atomic E-state index is -0.228. The summed E-state index contributed by atoms with van der Waals surface area (Å²) in [4.78, 5) is 8.77. The van der Waals surface area contributed by atoms with E-state index in [0.717, 1.165) is 37.4 Å². The first-order valence-electron chi connectivity index (χ1n) is 9.56. The lowest BCUT2D eigenvalue weighted by Gasteiger charge is -2.36. The summed E-state index contributed by atoms with van der Waals surface area (Å²) in [5, 5.41) is 8.89. The molecule has 0 spiro atoms. The van der Waals surface area contributed by atoms with E-state index in [1.165, 1.54) is 12.1 Å². The molecule has 8 heteroatoms. The van der Waals surface area contributed by atoms with Crippen molar-refractivity contribution in [3.63, 3.8) is 0 Å². The number of ether oxygens (including phenoxy) is 2. The van der Waals surface area contributed by atoms with Crippen LogP contribution in [0, 0.1) is 5.82 Å². The Morgan fingerprint density at radius 2 is 1.83 bits per heavy atom. The molecule has 1 aliphatic rings. The van der Waals surface area contributed by atoms with Gasteiger partial charge in [0.05, 0.1) is 20.3 Å². The first kappa shape index (κ1) is 20.7. The van der Waals surface area contributed by atoms with Gasteiger partial charge in [0.2, 0.25) is 0 Å². The fraction of sp³-hybridized carbons (Fsp3) is 0.381. The van der Waals surface area contributed by atoms with Gasteiger partial charge >= 0.3 is 0 Å². The third-order valence-corrected chi connectivity index (χ3v) is 4.80. The first-order valence-corrected chi connectivity index (χ1v) is 9.56. The number of anilines is 1. The Balaban J connectivity index is 1.55. The van der Waals surface area contributed by atoms with E-state index in [9.17, 15) is 4.39 Å². The van der Waals surface area contributed by atoms with Gasteiger partial charge in [0.1, 0.15) is 12.4 Å². The van der Waals surface area contributed by atoms with Crippen molar-refractivity contribution in [2.75, 3.05) is 51.4 Å². The highest BCUT2D eigenvalue weighted by Gasteiger charge is 2.18. The van der Waals surface area contributed by atoms with E-state index in [0.29, 0.717) is 24.0 Å². The van der Waals surface area contributed by atoms with E-state index in [1.807, 2.05) is 12.1 Å². The van der Waals surface area contributed by atoms with Crippen LogP contribution in [0.5, 0.6) is 11.5 Å². The molecule has 3 N–H and O–H groups in total. The number of aliphatic imine (C=N–C) groups is 1. The molecule has 0 aliphatic carbocycles. The second-order valence-electron chi connectivity index (χ2n) is 6.68. The summed E-state index contributed by atoms with van der Waals surface area (Å²) in [5.74, 6) is 1.45. The van der Waals surface area contributed by atoms with Gasteiger partial charge in [-0.2, -0.15) is 0 Å². The number of rotatable bonds is 7. The fourth-order valence-corrected chi connectivity index (χ4v) is 3.20. The molecule has 7 nitrogen and oxygen atoms in total. The summed E-state index contributed by atoms with van der Waals surface area (Å²) >= 11 is 0. The highest BCUT2D eigenvalue weighted by molar-refractivity contribution is 5.78. The number of hydrogen-bond donors (Lipinski definition) is 2. The molecule has 156 valence electrons. The van der Waals surface area contributed by atoms with Crippen molar-refractivity contribution in [2.24, 2.45) is 10.7 Å². The molecule has 0 radical (unpaired) electrons. The standard InChI is InChI=1S/C21H27FN4O3/c1-28-20-14-16(2-7-19(20)29-13-12-27)15-24-21(23)26-10-8-25(9-11-26)18-5-3-17(22)4-6-18/h2-7,14,27H,8-13,15H2,1H3,(H2,23,24). The fourth-order valence-electron chi connectivity index (χ4n) is 3.20. The van der Waals surface area contributed by atoms with Crippen LogP contribution in [0.3, 0.4) is 0 Å². The number of benzene rings is 2. The zero-order valence-corrected chi connectivity index (χ0v) is 16.6. The number of nitrogens with two attached hydrogens (primary N) is 1. The second kappa shape index (κ2) is 9.97. The van der Waals surface area contributed by atoms with E-state index < -0.39 is 0 Å². The second-order valence-corrected chi connectivity index (χ2v) is 6.68. The van der Waals surface area contributed by atoms with Gasteiger partial charge in [0.25, 0.3) is 0 Å². The van der Waals surface area contributed by atoms with Crippen LogP contribution in [-0.4, -0.2) is 62.5 Å². The molecule has 29 heavy (non-hydrogen) atoms. The third-order valence-electron chi connectivity index (χ3n) is 4.80. The number of aliphatic hydroxyl groups excluding tert-OH is 1. The monoisotopic (exact) mass is 402 g/mol. The van der Waals surface area contributed by atoms with Crippen molar-refractivity contribution in [3.8, 4) is 11.5 Å². The number of guanidine groups is 1. The van der Waals surface area contributed by atoms with Gasteiger partial charge in [0, 0.05) is 31.9 Å². The lowest BCUT2D eigenvalue weighted by atomic mass is 10.2. The molecular weight excluding hydrogens is 375 g/mol. The van der Waals surface area contributed by atoms with E-state index >= 15 is 0 Å². The zero-order chi connectivity index (χ0) is 20.6. The predicted octanol–water partition coefficient (Wildman–Crippen LogP) is 1.84. The van der Waals surface area contributed by atoms with E-state index in [1.54, 1.807) is 25.3 Å². The van der Waals surface area contributed by atoms with Crippen LogP contribution in [0.4, 0.5) is 10.1 Å². The Morgan fingerprint density at radius 3 is 2.48 bits per heavy atom. The molecule has 0 unspecified atom stereocenters. The molecule has 1 fully saturated rings. The summed E-state index contributed by atoms with van der Waals surface area (Å²) in [6.07, 6.45) is 0. The van der Waals surface area contributed by atoms with Crippen LogP contribution in [0.25, 0.3) is 0 Å². The number of aliphatic hydroxyl groups is 1. The highest BCUT2D eigenvalue weighted by atomic mass is 19.1. The molecule has 0 saturated carbocycles. The van der Waals surface area contributed by atoms with Gasteiger partial charge < -0.3 is 30.1 Å². The molecule has 1 saturated heterocycles. The van der Waals surface area contributed by atoms with Gasteiger partial charge in [-0.25, -0.2) is 9.38 Å². The van der Waals surface area contributed by atoms with E-state index in [2.05, 4.69) is 14.8 Å². The topological polar surface area (TPSA) is 83.6 Å². The van der Waals surface area contributed by atoms with Crippen molar-refractivity contribution in [2.45, 2.75) is 6.54 Å². The van der Waals surface area contributed by atoms with Crippen LogP contribution in [-0.2, 0) is 6.54 Å². The maximum Gasteiger partial charge on any atom is 0.191 e. The SMILES string of the molecule is COc1cc(CN=C(N)N2CCN(c3ccc(F)cc3)CC2)ccc1OCCO. The Morgan fingerprint density at radius 1 is 1.10 bits per heavy atom. The lowest BCUT2D eigenvalue weighted by molar-refractivity contribution is 0.196. The van der Waals surface area contributed by atoms with E-state index in [-0.39, 0.29) is 19.0 Å². The molecule has 1 heterocycles. The average Bonchev–Trinajstić information content (AvgIpc) is 2.77. The normalized spacial score (nSPS) is 14.8. The molecule has 3 rings (SSSR count). The maximum atomic E-state index is 13.1. The van der Waals surface area contributed by atoms with Crippen LogP contribution in [0.1, 0.15) is 5.56 Å². The lowest BCUT2D eigenvalue weighted by Crippen LogP contribution is -2.51. The van der Waals surface area contributed by atoms with Crippen molar-refractivity contribution in [1.29, 1.82) is 0 Å². The van der Waals surface area contributed by atoms with Crippen LogP contribution in [0.15, 0.2) is 47.5 Å². The zero-order valence-electron chi connectivity index (χ0n) is 16.6. The number of methoxy groups -OCH3 is 1. The number of halogens is 1. The van der Waals surface area contributed by atoms with Crippen molar-refractivity contribution >= 4 is 11.6 Å². The molecule has 0 aromatic heterocycles. The molecule has 2 aromatic carbocycles. The number of nitrogens with zero attached hydrogens (tertiary/aromatic N) is 3. The van der Waals surface area contributed by atoms with Crippen molar-refractivity contribution in [1.82, 2.24) is 4.90 Å². The summed E-state index contributed by atoms with van der Waals surface area (Å²) < 4.78 is 23.9. The Kier molecular flexibility index (Phi) is 7.13. The number of piperazine rings is 1. The van der Waals surface area contributed by atoms with Gasteiger partial charge in [-0.1, -0.05) is 6.07 Å². The molecule has 0 amide bonds. The van der Waals surface area contributed by atoms with Gasteiger partial charge in [-0.3, -0.25) is 0 Å². The third kappa shape index (κ3) is 5.51. The van der Waals surface area contributed by atoms with E-state index in [4.69, 9.17) is 20.3 Å². The van der Waals surface area contributed by atoms with Gasteiger partial charge in [-0.05, 0) is 42.0 Å². The molecule has 2 aromatic rings. The molecule has 1 aliphatic heterocycles. The average molecular weight is 402 g/mol. The highest BCUT2D eigenvalue weighted by Crippen LogP contribution is 2.28. The van der Waals surface area contributed by atoms with Crippen LogP contribution >= 0.6 is 0 Å². The summed E-state index contributed by atoms with van der Waals surface area (Å²) in [6.45, 7) is 3.69. The largest absolute Gasteiger partial charge is 0.493 e. The maximum absolute atomic E-state index is 13.1. The Hall–Kier alpha value is -3.00. The first-order chi connectivity index (χ1) is 14.1. The van der Waals surface area contributed by atoms with Gasteiger partial charge in [0.15, 0.2) is 17.5 Å². The van der Waals surface area contributed by atoms with Crippen LogP contribution < -0.4 is 20.1 Å². The number of hydrogen-bond acceptors (Lipinski definition) is 5. The van der Waals surface area contributed by atoms with Crippen LogP contribution in [0.2, 0.25) is 0 Å². The molecule has 0 atom stereocenters.